The van der Waals surface area contributed by atoms with Crippen molar-refractivity contribution in [3.8, 4) is 11.8 Å². The summed E-state index contributed by atoms with van der Waals surface area (Å²) < 4.78 is 5.79. The van der Waals surface area contributed by atoms with Crippen LogP contribution in [0.25, 0.3) is 0 Å². The maximum atomic E-state index is 12.3. The molecule has 0 bridgehead atoms. The number of rotatable bonds is 4. The molecular weight excluding hydrogens is 312 g/mol. The molecule has 0 saturated carbocycles. The number of benzene rings is 2. The maximum absolute atomic E-state index is 12.3. The molecule has 2 aromatic carbocycles. The average molecular weight is 329 g/mol. The zero-order valence-corrected chi connectivity index (χ0v) is 13.9. The van der Waals surface area contributed by atoms with Gasteiger partial charge in [-0.15, -0.1) is 0 Å². The molecule has 0 aliphatic carbocycles. The number of anilines is 1. The number of nitrogens with one attached hydrogen (secondary N) is 1. The molecular formula is C18H17ClN2O2. The van der Waals surface area contributed by atoms with Crippen molar-refractivity contribution in [1.29, 1.82) is 5.26 Å². The van der Waals surface area contributed by atoms with Gasteiger partial charge in [-0.05, 0) is 62.2 Å². The Kier molecular flexibility index (Phi) is 5.25. The smallest absolute Gasteiger partial charge is 0.265 e. The van der Waals surface area contributed by atoms with Crippen LogP contribution < -0.4 is 10.1 Å². The quantitative estimate of drug-likeness (QED) is 0.913. The third kappa shape index (κ3) is 4.24. The van der Waals surface area contributed by atoms with Crippen LogP contribution in [-0.2, 0) is 4.79 Å². The van der Waals surface area contributed by atoms with Crippen LogP contribution in [0.2, 0.25) is 5.02 Å². The van der Waals surface area contributed by atoms with Gasteiger partial charge < -0.3 is 10.1 Å². The summed E-state index contributed by atoms with van der Waals surface area (Å²) in [5, 5.41) is 12.3. The minimum Gasteiger partial charge on any atom is -0.480 e. The Morgan fingerprint density at radius 2 is 1.91 bits per heavy atom. The topological polar surface area (TPSA) is 62.1 Å². The second-order valence-corrected chi connectivity index (χ2v) is 5.75. The molecule has 23 heavy (non-hydrogen) atoms. The van der Waals surface area contributed by atoms with Gasteiger partial charge in [-0.2, -0.15) is 5.26 Å². The minimum atomic E-state index is -0.681. The molecule has 0 saturated heterocycles. The van der Waals surface area contributed by atoms with Gasteiger partial charge in [0.2, 0.25) is 0 Å². The molecule has 0 aliphatic heterocycles. The predicted octanol–water partition coefficient (Wildman–Crippen LogP) is 4.23. The summed E-state index contributed by atoms with van der Waals surface area (Å²) in [7, 11) is 0. The lowest BCUT2D eigenvalue weighted by molar-refractivity contribution is -0.122. The average Bonchev–Trinajstić information content (AvgIpc) is 2.50. The van der Waals surface area contributed by atoms with Gasteiger partial charge in [0.1, 0.15) is 5.75 Å². The van der Waals surface area contributed by atoms with Gasteiger partial charge >= 0.3 is 0 Å². The molecule has 0 unspecified atom stereocenters. The summed E-state index contributed by atoms with van der Waals surface area (Å²) in [5.74, 6) is 0.372. The fourth-order valence-corrected chi connectivity index (χ4v) is 2.55. The normalized spacial score (nSPS) is 11.4. The molecule has 0 radical (unpaired) electrons. The van der Waals surface area contributed by atoms with Crippen LogP contribution >= 0.6 is 11.6 Å². The van der Waals surface area contributed by atoms with E-state index in [-0.39, 0.29) is 5.91 Å². The van der Waals surface area contributed by atoms with E-state index in [2.05, 4.69) is 5.32 Å². The molecule has 0 spiro atoms. The first-order valence-electron chi connectivity index (χ1n) is 7.15. The first-order valence-corrected chi connectivity index (χ1v) is 7.53. The van der Waals surface area contributed by atoms with E-state index in [1.165, 1.54) is 0 Å². The molecule has 118 valence electrons. The van der Waals surface area contributed by atoms with Gasteiger partial charge in [-0.1, -0.05) is 17.7 Å². The highest BCUT2D eigenvalue weighted by molar-refractivity contribution is 6.30. The van der Waals surface area contributed by atoms with Crippen LogP contribution in [0.4, 0.5) is 5.69 Å². The molecule has 1 N–H and O–H groups in total. The van der Waals surface area contributed by atoms with E-state index in [0.29, 0.717) is 22.0 Å². The molecule has 0 heterocycles. The van der Waals surface area contributed by atoms with Crippen molar-refractivity contribution in [2.75, 3.05) is 5.32 Å². The number of carbonyl (C=O) groups excluding carboxylic acids is 1. The third-order valence-corrected chi connectivity index (χ3v) is 3.57. The van der Waals surface area contributed by atoms with Gasteiger partial charge in [0, 0.05) is 10.7 Å². The minimum absolute atomic E-state index is 0.283. The summed E-state index contributed by atoms with van der Waals surface area (Å²) in [6.45, 7) is 5.45. The van der Waals surface area contributed by atoms with Gasteiger partial charge in [-0.25, -0.2) is 0 Å². The molecule has 0 fully saturated rings. The number of amides is 1. The molecule has 0 aromatic heterocycles. The Hall–Kier alpha value is -2.51. The second-order valence-electron chi connectivity index (χ2n) is 5.31. The number of nitrogens with zero attached hydrogens (tertiary/aromatic N) is 1. The lowest BCUT2D eigenvalue weighted by Gasteiger charge is -2.18. The van der Waals surface area contributed by atoms with Crippen LogP contribution in [0.1, 0.15) is 23.6 Å². The third-order valence-electron chi connectivity index (χ3n) is 3.35. The summed E-state index contributed by atoms with van der Waals surface area (Å²) in [5.41, 5.74) is 2.80. The number of halogens is 1. The Morgan fingerprint density at radius 3 is 2.52 bits per heavy atom. The Morgan fingerprint density at radius 1 is 1.26 bits per heavy atom. The Labute approximate surface area is 140 Å². The lowest BCUT2D eigenvalue weighted by atomic mass is 10.1. The molecule has 0 aliphatic rings. The fraction of sp³-hybridized carbons (Fsp3) is 0.222. The number of ether oxygens (including phenoxy) is 1. The van der Waals surface area contributed by atoms with Gasteiger partial charge in [-0.3, -0.25) is 4.79 Å². The summed E-state index contributed by atoms with van der Waals surface area (Å²) >= 11 is 6.00. The predicted molar refractivity (Wildman–Crippen MR) is 90.8 cm³/mol. The van der Waals surface area contributed by atoms with E-state index >= 15 is 0 Å². The molecule has 1 atom stereocenters. The zero-order chi connectivity index (χ0) is 17.0. The van der Waals surface area contributed by atoms with Crippen molar-refractivity contribution in [3.63, 3.8) is 0 Å². The van der Waals surface area contributed by atoms with E-state index in [1.54, 1.807) is 43.3 Å². The van der Waals surface area contributed by atoms with Crippen LogP contribution in [-0.4, -0.2) is 12.0 Å². The van der Waals surface area contributed by atoms with Crippen LogP contribution in [0, 0.1) is 25.2 Å². The van der Waals surface area contributed by atoms with Gasteiger partial charge in [0.05, 0.1) is 11.6 Å². The highest BCUT2D eigenvalue weighted by atomic mass is 35.5. The molecule has 1 amide bonds. The largest absolute Gasteiger partial charge is 0.480 e. The van der Waals surface area contributed by atoms with Crippen molar-refractivity contribution in [1.82, 2.24) is 0 Å². The highest BCUT2D eigenvalue weighted by Crippen LogP contribution is 2.28. The Balaban J connectivity index is 2.10. The summed E-state index contributed by atoms with van der Waals surface area (Å²) in [6.07, 6.45) is -0.681. The number of hydrogen-bond acceptors (Lipinski definition) is 3. The van der Waals surface area contributed by atoms with E-state index in [0.717, 1.165) is 11.1 Å². The fourth-order valence-electron chi connectivity index (χ4n) is 2.22. The van der Waals surface area contributed by atoms with Crippen LogP contribution in [0.5, 0.6) is 5.75 Å². The molecule has 2 rings (SSSR count). The standard InChI is InChI=1S/C18H17ClN2O2/c1-11-7-15(19)8-12(2)17(11)23-13(3)18(22)21-16-6-4-5-14(9-16)10-20/h4-9,13H,1-3H3,(H,21,22)/t13-/m0/s1. The van der Waals surface area contributed by atoms with Crippen molar-refractivity contribution >= 4 is 23.2 Å². The first-order chi connectivity index (χ1) is 10.9. The first kappa shape index (κ1) is 16.9. The van der Waals surface area contributed by atoms with E-state index in [4.69, 9.17) is 21.6 Å². The summed E-state index contributed by atoms with van der Waals surface area (Å²) in [6, 6.07) is 12.4. The van der Waals surface area contributed by atoms with Crippen LogP contribution in [0.15, 0.2) is 36.4 Å². The maximum Gasteiger partial charge on any atom is 0.265 e. The van der Waals surface area contributed by atoms with E-state index < -0.39 is 6.10 Å². The number of aryl methyl sites for hydroxylation is 2. The molecule has 4 nitrogen and oxygen atoms in total. The number of carbonyl (C=O) groups is 1. The van der Waals surface area contributed by atoms with Crippen molar-refractivity contribution in [3.05, 3.63) is 58.1 Å². The van der Waals surface area contributed by atoms with Crippen LogP contribution in [0.3, 0.4) is 0 Å². The highest BCUT2D eigenvalue weighted by Gasteiger charge is 2.17. The van der Waals surface area contributed by atoms with Gasteiger partial charge in [0.25, 0.3) is 5.91 Å². The van der Waals surface area contributed by atoms with Crippen molar-refractivity contribution < 1.29 is 9.53 Å². The van der Waals surface area contributed by atoms with Crippen molar-refractivity contribution in [2.24, 2.45) is 0 Å². The molecule has 5 heteroatoms. The molecule has 2 aromatic rings. The van der Waals surface area contributed by atoms with E-state index in [9.17, 15) is 4.79 Å². The number of hydrogen-bond donors (Lipinski definition) is 1. The zero-order valence-electron chi connectivity index (χ0n) is 13.2. The second kappa shape index (κ2) is 7.17. The van der Waals surface area contributed by atoms with Gasteiger partial charge in [0.15, 0.2) is 6.10 Å². The summed E-state index contributed by atoms with van der Waals surface area (Å²) in [4.78, 5) is 12.3. The Bertz CT molecular complexity index is 758. The van der Waals surface area contributed by atoms with Crippen molar-refractivity contribution in [2.45, 2.75) is 26.9 Å². The number of nitriles is 1. The monoisotopic (exact) mass is 328 g/mol. The lowest BCUT2D eigenvalue weighted by Crippen LogP contribution is -2.30. The van der Waals surface area contributed by atoms with E-state index in [1.807, 2.05) is 19.9 Å². The SMILES string of the molecule is Cc1cc(Cl)cc(C)c1O[C@@H](C)C(=O)Nc1cccc(C#N)c1.